The summed E-state index contributed by atoms with van der Waals surface area (Å²) in [5.41, 5.74) is 2.80. The van der Waals surface area contributed by atoms with E-state index in [4.69, 9.17) is 18.7 Å². The smallest absolute Gasteiger partial charge is 0.417 e. The van der Waals surface area contributed by atoms with Crippen LogP contribution >= 0.6 is 0 Å². The van der Waals surface area contributed by atoms with E-state index in [9.17, 15) is 18.0 Å². The molecule has 1 aliphatic heterocycles. The van der Waals surface area contributed by atoms with Gasteiger partial charge in [0.1, 0.15) is 17.6 Å². The molecule has 40 heavy (non-hydrogen) atoms. The lowest BCUT2D eigenvalue weighted by Gasteiger charge is -2.20. The summed E-state index contributed by atoms with van der Waals surface area (Å²) in [7, 11) is 1.35. The Bertz CT molecular complexity index is 1580. The highest BCUT2D eigenvalue weighted by Gasteiger charge is 2.38. The first kappa shape index (κ1) is 25.9. The summed E-state index contributed by atoms with van der Waals surface area (Å²) >= 11 is 0. The molecule has 0 radical (unpaired) electrons. The maximum Gasteiger partial charge on any atom is 0.417 e. The van der Waals surface area contributed by atoms with Crippen molar-refractivity contribution in [3.05, 3.63) is 82.7 Å². The third kappa shape index (κ3) is 4.78. The summed E-state index contributed by atoms with van der Waals surface area (Å²) in [5, 5.41) is 3.77. The first-order valence-corrected chi connectivity index (χ1v) is 12.9. The number of aryl methyl sites for hydroxylation is 1. The van der Waals surface area contributed by atoms with Crippen LogP contribution in [0.3, 0.4) is 0 Å². The molecule has 1 aliphatic carbocycles. The number of methoxy groups -OCH3 is 1. The van der Waals surface area contributed by atoms with Crippen molar-refractivity contribution in [2.45, 2.75) is 44.4 Å². The van der Waals surface area contributed by atoms with Crippen molar-refractivity contribution in [1.82, 2.24) is 10.1 Å². The summed E-state index contributed by atoms with van der Waals surface area (Å²) in [4.78, 5) is 15.9. The molecule has 6 rings (SSSR count). The van der Waals surface area contributed by atoms with E-state index in [0.717, 1.165) is 17.2 Å². The zero-order chi connectivity index (χ0) is 28.0. The SMILES string of the molecule is COC(=O)C[C@@H]1COc2cc(O[C@@H]3CCc4c3ccc(C(F)(F)F)c4-c3ccc(-c4nc(C)no4)cc3)ccc21. The minimum Gasteiger partial charge on any atom is -0.492 e. The van der Waals surface area contributed by atoms with Gasteiger partial charge in [-0.3, -0.25) is 4.79 Å². The number of carbonyl (C=O) groups is 1. The third-order valence-electron chi connectivity index (χ3n) is 7.39. The van der Waals surface area contributed by atoms with Crippen LogP contribution in [0.1, 0.15) is 52.9 Å². The van der Waals surface area contributed by atoms with Crippen LogP contribution in [0.15, 0.2) is 59.1 Å². The van der Waals surface area contributed by atoms with Crippen LogP contribution in [0.2, 0.25) is 0 Å². The Balaban J connectivity index is 1.30. The second-order valence-electron chi connectivity index (χ2n) is 9.91. The van der Waals surface area contributed by atoms with Gasteiger partial charge >= 0.3 is 12.1 Å². The molecule has 0 saturated carbocycles. The molecule has 0 fully saturated rings. The number of nitrogens with zero attached hydrogens (tertiary/aromatic N) is 2. The maximum absolute atomic E-state index is 14.1. The number of fused-ring (bicyclic) bond motifs is 2. The Morgan fingerprint density at radius 3 is 2.50 bits per heavy atom. The van der Waals surface area contributed by atoms with Gasteiger partial charge in [-0.25, -0.2) is 0 Å². The number of rotatable bonds is 6. The van der Waals surface area contributed by atoms with Crippen LogP contribution in [0.4, 0.5) is 13.2 Å². The first-order valence-electron chi connectivity index (χ1n) is 12.9. The van der Waals surface area contributed by atoms with Gasteiger partial charge in [0.05, 0.1) is 25.7 Å². The number of carbonyl (C=O) groups excluding carboxylic acids is 1. The van der Waals surface area contributed by atoms with Crippen LogP contribution < -0.4 is 9.47 Å². The second kappa shape index (κ2) is 10.0. The van der Waals surface area contributed by atoms with Gasteiger partial charge in [-0.05, 0) is 66.3 Å². The molecule has 2 atom stereocenters. The number of benzene rings is 3. The Morgan fingerprint density at radius 2 is 1.80 bits per heavy atom. The zero-order valence-electron chi connectivity index (χ0n) is 21.7. The van der Waals surface area contributed by atoms with E-state index in [1.165, 1.54) is 13.2 Å². The number of ether oxygens (including phenoxy) is 3. The van der Waals surface area contributed by atoms with E-state index in [2.05, 4.69) is 10.1 Å². The fourth-order valence-corrected chi connectivity index (χ4v) is 5.50. The molecule has 0 amide bonds. The molecular formula is C30H25F3N2O5. The minimum atomic E-state index is -4.52. The Labute approximate surface area is 227 Å². The molecule has 2 heterocycles. The summed E-state index contributed by atoms with van der Waals surface area (Å²) in [6, 6.07) is 14.8. The summed E-state index contributed by atoms with van der Waals surface area (Å²) in [6.07, 6.45) is -3.75. The molecule has 0 N–H and O–H groups in total. The lowest BCUT2D eigenvalue weighted by molar-refractivity contribution is -0.141. The molecule has 0 spiro atoms. The van der Waals surface area contributed by atoms with E-state index in [1.54, 1.807) is 43.3 Å². The average molecular weight is 551 g/mol. The third-order valence-corrected chi connectivity index (χ3v) is 7.39. The highest BCUT2D eigenvalue weighted by Crippen LogP contribution is 2.47. The largest absolute Gasteiger partial charge is 0.492 e. The molecule has 206 valence electrons. The second-order valence-corrected chi connectivity index (χ2v) is 9.91. The van der Waals surface area contributed by atoms with Crippen LogP contribution in [0, 0.1) is 6.92 Å². The average Bonchev–Trinajstić information content (AvgIpc) is 3.66. The van der Waals surface area contributed by atoms with Crippen molar-refractivity contribution in [2.24, 2.45) is 0 Å². The summed E-state index contributed by atoms with van der Waals surface area (Å²) in [5.74, 6) is 1.56. The number of hydrogen-bond acceptors (Lipinski definition) is 7. The van der Waals surface area contributed by atoms with Crippen molar-refractivity contribution in [1.29, 1.82) is 0 Å². The quantitative estimate of drug-likeness (QED) is 0.243. The van der Waals surface area contributed by atoms with Gasteiger partial charge < -0.3 is 18.7 Å². The number of aromatic nitrogens is 2. The summed E-state index contributed by atoms with van der Waals surface area (Å²) < 4.78 is 64.5. The Morgan fingerprint density at radius 1 is 1.05 bits per heavy atom. The first-order chi connectivity index (χ1) is 19.2. The Hall–Kier alpha value is -4.34. The van der Waals surface area contributed by atoms with Crippen molar-refractivity contribution >= 4 is 5.97 Å². The highest BCUT2D eigenvalue weighted by atomic mass is 19.4. The molecule has 0 bridgehead atoms. The molecule has 7 nitrogen and oxygen atoms in total. The van der Waals surface area contributed by atoms with Gasteiger partial charge in [-0.2, -0.15) is 18.2 Å². The maximum atomic E-state index is 14.1. The van der Waals surface area contributed by atoms with Gasteiger partial charge in [0, 0.05) is 23.1 Å². The topological polar surface area (TPSA) is 83.7 Å². The van der Waals surface area contributed by atoms with Crippen molar-refractivity contribution in [2.75, 3.05) is 13.7 Å². The summed E-state index contributed by atoms with van der Waals surface area (Å²) in [6.45, 7) is 2.06. The van der Waals surface area contributed by atoms with Gasteiger partial charge in [0.25, 0.3) is 5.89 Å². The number of hydrogen-bond donors (Lipinski definition) is 0. The van der Waals surface area contributed by atoms with Gasteiger partial charge in [0.2, 0.25) is 0 Å². The van der Waals surface area contributed by atoms with E-state index < -0.39 is 17.8 Å². The Kier molecular flexibility index (Phi) is 6.48. The highest BCUT2D eigenvalue weighted by molar-refractivity contribution is 5.76. The standard InChI is InChI=1S/C30H25F3N2O5/c1-16-34-29(40-35-16)18-5-3-17(4-6-18)28-23-10-12-25(22(23)9-11-24(28)30(31,32)33)39-20-7-8-21-19(13-27(36)37-2)15-38-26(21)14-20/h3-9,11,14,19,25H,10,12-13,15H2,1-2H3/t19-,25-/m1/s1. The van der Waals surface area contributed by atoms with Crippen LogP contribution in [-0.4, -0.2) is 29.8 Å². The van der Waals surface area contributed by atoms with E-state index >= 15 is 0 Å². The molecular weight excluding hydrogens is 525 g/mol. The predicted molar refractivity (Wildman–Crippen MR) is 138 cm³/mol. The number of halogens is 3. The van der Waals surface area contributed by atoms with E-state index in [1.807, 2.05) is 6.07 Å². The lowest BCUT2D eigenvalue weighted by atomic mass is 9.91. The molecule has 4 aromatic rings. The fraction of sp³-hybridized carbons (Fsp3) is 0.300. The fourth-order valence-electron chi connectivity index (χ4n) is 5.50. The number of alkyl halides is 3. The molecule has 0 unspecified atom stereocenters. The molecule has 1 aromatic heterocycles. The van der Waals surface area contributed by atoms with E-state index in [-0.39, 0.29) is 23.9 Å². The van der Waals surface area contributed by atoms with Gasteiger partial charge in [-0.1, -0.05) is 29.4 Å². The molecule has 10 heteroatoms. The van der Waals surface area contributed by atoms with E-state index in [0.29, 0.717) is 59.4 Å². The van der Waals surface area contributed by atoms with Crippen LogP contribution in [-0.2, 0) is 22.1 Å². The van der Waals surface area contributed by atoms with Crippen LogP contribution in [0.5, 0.6) is 11.5 Å². The normalized spacial score (nSPS) is 17.7. The van der Waals surface area contributed by atoms with Crippen molar-refractivity contribution in [3.8, 4) is 34.1 Å². The molecule has 0 saturated heterocycles. The van der Waals surface area contributed by atoms with Gasteiger partial charge in [0.15, 0.2) is 5.82 Å². The monoisotopic (exact) mass is 550 g/mol. The lowest BCUT2D eigenvalue weighted by Crippen LogP contribution is -2.10. The zero-order valence-corrected chi connectivity index (χ0v) is 21.7. The number of esters is 1. The minimum absolute atomic E-state index is 0.0951. The predicted octanol–water partition coefficient (Wildman–Crippen LogP) is 6.84. The van der Waals surface area contributed by atoms with Gasteiger partial charge in [-0.15, -0.1) is 0 Å². The molecule has 2 aliphatic rings. The van der Waals surface area contributed by atoms with Crippen molar-refractivity contribution < 1.29 is 36.7 Å². The van der Waals surface area contributed by atoms with Crippen LogP contribution in [0.25, 0.3) is 22.6 Å². The molecule has 3 aromatic carbocycles. The van der Waals surface area contributed by atoms with Crippen molar-refractivity contribution in [3.63, 3.8) is 0 Å².